The van der Waals surface area contributed by atoms with Crippen molar-refractivity contribution in [2.45, 2.75) is 19.8 Å². The van der Waals surface area contributed by atoms with Crippen LogP contribution in [0.25, 0.3) is 10.8 Å². The van der Waals surface area contributed by atoms with Gasteiger partial charge >= 0.3 is 0 Å². The van der Waals surface area contributed by atoms with E-state index in [-0.39, 0.29) is 0 Å². The molecule has 1 aliphatic rings. The molecule has 3 rings (SSSR count). The van der Waals surface area contributed by atoms with Crippen LogP contribution in [-0.4, -0.2) is 25.1 Å². The van der Waals surface area contributed by atoms with Crippen molar-refractivity contribution in [1.82, 2.24) is 4.98 Å². The molecule has 0 unspecified atom stereocenters. The summed E-state index contributed by atoms with van der Waals surface area (Å²) < 4.78 is 0. The van der Waals surface area contributed by atoms with Crippen molar-refractivity contribution >= 4 is 22.3 Å². The highest BCUT2D eigenvalue weighted by molar-refractivity contribution is 6.02. The molecule has 0 amide bonds. The number of hydrogen-bond acceptors (Lipinski definition) is 3. The normalized spacial score (nSPS) is 15.3. The third-order valence-electron chi connectivity index (χ3n) is 3.77. The Bertz CT molecular complexity index is 571. The molecule has 3 heteroatoms. The number of pyridine rings is 1. The molecule has 3 nitrogen and oxygen atoms in total. The third-order valence-corrected chi connectivity index (χ3v) is 3.77. The zero-order chi connectivity index (χ0) is 12.5. The van der Waals surface area contributed by atoms with E-state index in [1.807, 2.05) is 13.2 Å². The average molecular weight is 241 g/mol. The number of aromatic nitrogens is 1. The second-order valence-corrected chi connectivity index (χ2v) is 4.94. The molecule has 1 aromatic carbocycles. The number of nitrogens with one attached hydrogen (secondary N) is 1. The van der Waals surface area contributed by atoms with Crippen LogP contribution >= 0.6 is 0 Å². The van der Waals surface area contributed by atoms with E-state index >= 15 is 0 Å². The van der Waals surface area contributed by atoms with Crippen molar-refractivity contribution in [3.8, 4) is 0 Å². The molecule has 1 fully saturated rings. The first kappa shape index (κ1) is 11.3. The SMILES string of the molecule is CNc1cnc(N2CCCC2)c2cccc(C)c12. The zero-order valence-corrected chi connectivity index (χ0v) is 11.0. The highest BCUT2D eigenvalue weighted by Crippen LogP contribution is 2.33. The van der Waals surface area contributed by atoms with E-state index in [1.54, 1.807) is 0 Å². The van der Waals surface area contributed by atoms with Crippen LogP contribution in [0.3, 0.4) is 0 Å². The van der Waals surface area contributed by atoms with Crippen LogP contribution in [0.1, 0.15) is 18.4 Å². The van der Waals surface area contributed by atoms with Gasteiger partial charge in [0, 0.05) is 30.9 Å². The Balaban J connectivity index is 2.24. The van der Waals surface area contributed by atoms with E-state index in [9.17, 15) is 0 Å². The van der Waals surface area contributed by atoms with Crippen molar-refractivity contribution in [2.24, 2.45) is 0 Å². The van der Waals surface area contributed by atoms with Gasteiger partial charge in [0.1, 0.15) is 5.82 Å². The van der Waals surface area contributed by atoms with Gasteiger partial charge in [-0.05, 0) is 25.3 Å². The highest BCUT2D eigenvalue weighted by atomic mass is 15.2. The Kier molecular flexibility index (Phi) is 2.82. The topological polar surface area (TPSA) is 28.2 Å². The Morgan fingerprint density at radius 1 is 1.22 bits per heavy atom. The maximum absolute atomic E-state index is 4.66. The predicted octanol–water partition coefficient (Wildman–Crippen LogP) is 3.19. The molecule has 2 aromatic rings. The van der Waals surface area contributed by atoms with Gasteiger partial charge in [-0.1, -0.05) is 18.2 Å². The monoisotopic (exact) mass is 241 g/mol. The Labute approximate surface area is 108 Å². The highest BCUT2D eigenvalue weighted by Gasteiger charge is 2.17. The number of benzene rings is 1. The number of anilines is 2. The quantitative estimate of drug-likeness (QED) is 0.875. The van der Waals surface area contributed by atoms with Crippen LogP contribution in [0.5, 0.6) is 0 Å². The molecular weight excluding hydrogens is 222 g/mol. The van der Waals surface area contributed by atoms with E-state index in [4.69, 9.17) is 0 Å². The number of nitrogens with zero attached hydrogens (tertiary/aromatic N) is 2. The maximum Gasteiger partial charge on any atom is 0.136 e. The molecule has 0 aliphatic carbocycles. The van der Waals surface area contributed by atoms with Crippen molar-refractivity contribution in [3.05, 3.63) is 30.0 Å². The molecule has 0 atom stereocenters. The summed E-state index contributed by atoms with van der Waals surface area (Å²) in [6.45, 7) is 4.43. The van der Waals surface area contributed by atoms with Gasteiger partial charge in [-0.2, -0.15) is 0 Å². The van der Waals surface area contributed by atoms with Gasteiger partial charge in [0.2, 0.25) is 0 Å². The summed E-state index contributed by atoms with van der Waals surface area (Å²) in [7, 11) is 1.96. The summed E-state index contributed by atoms with van der Waals surface area (Å²) >= 11 is 0. The van der Waals surface area contributed by atoms with Gasteiger partial charge in [-0.15, -0.1) is 0 Å². The molecule has 2 heterocycles. The first-order valence-electron chi connectivity index (χ1n) is 6.62. The van der Waals surface area contributed by atoms with Crippen LogP contribution in [0.2, 0.25) is 0 Å². The van der Waals surface area contributed by atoms with Crippen molar-refractivity contribution < 1.29 is 0 Å². The van der Waals surface area contributed by atoms with E-state index in [0.717, 1.165) is 24.6 Å². The number of fused-ring (bicyclic) bond motifs is 1. The van der Waals surface area contributed by atoms with Gasteiger partial charge in [0.05, 0.1) is 11.9 Å². The molecule has 1 N–H and O–H groups in total. The fourth-order valence-corrected chi connectivity index (χ4v) is 2.84. The van der Waals surface area contributed by atoms with Crippen LogP contribution < -0.4 is 10.2 Å². The third kappa shape index (κ3) is 1.70. The molecule has 0 spiro atoms. The Morgan fingerprint density at radius 2 is 2.00 bits per heavy atom. The lowest BCUT2D eigenvalue weighted by atomic mass is 10.0. The minimum atomic E-state index is 1.12. The van der Waals surface area contributed by atoms with E-state index in [0.29, 0.717) is 0 Å². The molecule has 0 radical (unpaired) electrons. The molecule has 0 saturated carbocycles. The Hall–Kier alpha value is -1.77. The summed E-state index contributed by atoms with van der Waals surface area (Å²) in [6, 6.07) is 6.47. The first-order chi connectivity index (χ1) is 8.81. The van der Waals surface area contributed by atoms with Gasteiger partial charge in [-0.3, -0.25) is 0 Å². The van der Waals surface area contributed by atoms with Crippen LogP contribution in [0.4, 0.5) is 11.5 Å². The largest absolute Gasteiger partial charge is 0.386 e. The van der Waals surface area contributed by atoms with E-state index in [2.05, 4.69) is 40.3 Å². The van der Waals surface area contributed by atoms with Gasteiger partial charge < -0.3 is 10.2 Å². The van der Waals surface area contributed by atoms with Crippen LogP contribution in [-0.2, 0) is 0 Å². The van der Waals surface area contributed by atoms with Crippen LogP contribution in [0, 0.1) is 6.92 Å². The van der Waals surface area contributed by atoms with Gasteiger partial charge in [-0.25, -0.2) is 4.98 Å². The van der Waals surface area contributed by atoms with Crippen molar-refractivity contribution in [1.29, 1.82) is 0 Å². The molecule has 0 bridgehead atoms. The second-order valence-electron chi connectivity index (χ2n) is 4.94. The van der Waals surface area contributed by atoms with Crippen molar-refractivity contribution in [2.75, 3.05) is 30.4 Å². The molecular formula is C15H19N3. The first-order valence-corrected chi connectivity index (χ1v) is 6.62. The van der Waals surface area contributed by atoms with Crippen molar-refractivity contribution in [3.63, 3.8) is 0 Å². The standard InChI is InChI=1S/C15H19N3/c1-11-6-5-7-12-14(11)13(16-2)10-17-15(12)18-8-3-4-9-18/h5-7,10,16H,3-4,8-9H2,1-2H3. The van der Waals surface area contributed by atoms with E-state index < -0.39 is 0 Å². The summed E-state index contributed by atoms with van der Waals surface area (Å²) in [4.78, 5) is 7.07. The number of aryl methyl sites for hydroxylation is 1. The van der Waals surface area contributed by atoms with Gasteiger partial charge in [0.25, 0.3) is 0 Å². The minimum Gasteiger partial charge on any atom is -0.386 e. The minimum absolute atomic E-state index is 1.12. The number of rotatable bonds is 2. The lowest BCUT2D eigenvalue weighted by Gasteiger charge is -2.20. The van der Waals surface area contributed by atoms with Gasteiger partial charge in [0.15, 0.2) is 0 Å². The van der Waals surface area contributed by atoms with Crippen LogP contribution in [0.15, 0.2) is 24.4 Å². The molecule has 1 saturated heterocycles. The molecule has 18 heavy (non-hydrogen) atoms. The molecule has 94 valence electrons. The predicted molar refractivity (Wildman–Crippen MR) is 77.5 cm³/mol. The summed E-state index contributed by atoms with van der Waals surface area (Å²) in [5.41, 5.74) is 2.42. The fraction of sp³-hybridized carbons (Fsp3) is 0.400. The Morgan fingerprint density at radius 3 is 2.72 bits per heavy atom. The maximum atomic E-state index is 4.66. The molecule has 1 aromatic heterocycles. The number of hydrogen-bond donors (Lipinski definition) is 1. The zero-order valence-electron chi connectivity index (χ0n) is 11.0. The second kappa shape index (κ2) is 4.48. The lowest BCUT2D eigenvalue weighted by molar-refractivity contribution is 0.946. The average Bonchev–Trinajstić information content (AvgIpc) is 2.91. The lowest BCUT2D eigenvalue weighted by Crippen LogP contribution is -2.19. The molecule has 1 aliphatic heterocycles. The van der Waals surface area contributed by atoms with E-state index in [1.165, 1.54) is 29.2 Å². The summed E-state index contributed by atoms with van der Waals surface area (Å²) in [5, 5.41) is 5.82. The summed E-state index contributed by atoms with van der Waals surface area (Å²) in [5.74, 6) is 1.14. The summed E-state index contributed by atoms with van der Waals surface area (Å²) in [6.07, 6.45) is 4.52. The smallest absolute Gasteiger partial charge is 0.136 e. The fourth-order valence-electron chi connectivity index (χ4n) is 2.84.